The van der Waals surface area contributed by atoms with Gasteiger partial charge in [-0.15, -0.1) is 23.7 Å². The zero-order chi connectivity index (χ0) is 21.2. The van der Waals surface area contributed by atoms with Crippen molar-refractivity contribution in [3.8, 4) is 29.4 Å². The molecule has 0 spiro atoms. The van der Waals surface area contributed by atoms with Gasteiger partial charge in [0.05, 0.1) is 18.7 Å². The van der Waals surface area contributed by atoms with E-state index >= 15 is 0 Å². The van der Waals surface area contributed by atoms with Gasteiger partial charge < -0.3 is 14.0 Å². The van der Waals surface area contributed by atoms with Gasteiger partial charge >= 0.3 is 5.97 Å². The Morgan fingerprint density at radius 2 is 1.76 bits per heavy atom. The van der Waals surface area contributed by atoms with E-state index < -0.39 is 11.4 Å². The molecule has 2 aromatic rings. The summed E-state index contributed by atoms with van der Waals surface area (Å²) in [6.07, 6.45) is 0.947. The van der Waals surface area contributed by atoms with E-state index in [1.165, 1.54) is 24.3 Å². The highest BCUT2D eigenvalue weighted by molar-refractivity contribution is 5.91. The number of hydrogen-bond donors (Lipinski definition) is 0. The molecule has 0 radical (unpaired) electrons. The molecule has 1 aromatic carbocycles. The van der Waals surface area contributed by atoms with Crippen molar-refractivity contribution in [1.29, 1.82) is 0 Å². The third-order valence-electron chi connectivity index (χ3n) is 4.08. The van der Waals surface area contributed by atoms with Crippen LogP contribution < -0.4 is 15.6 Å². The number of rotatable bonds is 7. The van der Waals surface area contributed by atoms with E-state index in [9.17, 15) is 14.4 Å². The van der Waals surface area contributed by atoms with Crippen LogP contribution in [0.2, 0.25) is 0 Å². The summed E-state index contributed by atoms with van der Waals surface area (Å²) in [5.74, 6) is 10.8. The smallest absolute Gasteiger partial charge is 0.355 e. The molecule has 0 saturated carbocycles. The van der Waals surface area contributed by atoms with Gasteiger partial charge in [0.1, 0.15) is 5.69 Å². The number of ether oxygens (including phenoxy) is 2. The molecule has 1 heterocycles. The Kier molecular flexibility index (Phi) is 8.06. The predicted octanol–water partition coefficient (Wildman–Crippen LogP) is 2.74. The van der Waals surface area contributed by atoms with Crippen LogP contribution in [0.5, 0.6) is 5.75 Å². The first-order valence-corrected chi connectivity index (χ1v) is 9.34. The Bertz CT molecular complexity index is 1140. The van der Waals surface area contributed by atoms with Crippen LogP contribution in [0, 0.1) is 23.7 Å². The molecule has 0 saturated heterocycles. The van der Waals surface area contributed by atoms with Crippen molar-refractivity contribution < 1.29 is 14.3 Å². The average molecular weight is 393 g/mol. The van der Waals surface area contributed by atoms with E-state index in [1.54, 1.807) is 25.3 Å². The van der Waals surface area contributed by atoms with Crippen molar-refractivity contribution in [1.82, 2.24) is 4.57 Å². The lowest BCUT2D eigenvalue weighted by Gasteiger charge is -2.14. The average Bonchev–Trinajstić information content (AvgIpc) is 2.87. The van der Waals surface area contributed by atoms with Crippen LogP contribution in [-0.2, 0) is 11.3 Å². The molecule has 2 rings (SSSR count). The highest BCUT2D eigenvalue weighted by Crippen LogP contribution is 2.17. The number of nitrogens with zero attached hydrogens (tertiary/aromatic N) is 1. The van der Waals surface area contributed by atoms with Crippen molar-refractivity contribution in [2.45, 2.75) is 40.2 Å². The van der Waals surface area contributed by atoms with E-state index in [0.717, 1.165) is 0 Å². The molecular weight excluding hydrogens is 370 g/mol. The van der Waals surface area contributed by atoms with Gasteiger partial charge in [0.2, 0.25) is 5.43 Å². The lowest BCUT2D eigenvalue weighted by atomic mass is 10.2. The number of hydrogen-bond acceptors (Lipinski definition) is 5. The van der Waals surface area contributed by atoms with E-state index in [0.29, 0.717) is 24.9 Å². The van der Waals surface area contributed by atoms with Gasteiger partial charge in [-0.2, -0.15) is 0 Å². The van der Waals surface area contributed by atoms with E-state index in [1.807, 2.05) is 0 Å². The number of esters is 1. The molecule has 0 amide bonds. The second-order valence-electron chi connectivity index (χ2n) is 5.97. The third kappa shape index (κ3) is 5.49. The van der Waals surface area contributed by atoms with Crippen molar-refractivity contribution in [3.63, 3.8) is 0 Å². The Balaban J connectivity index is 2.68. The first-order valence-electron chi connectivity index (χ1n) is 9.34. The van der Waals surface area contributed by atoms with E-state index in [4.69, 9.17) is 9.47 Å². The molecule has 150 valence electrons. The van der Waals surface area contributed by atoms with Gasteiger partial charge in [-0.3, -0.25) is 9.59 Å². The minimum absolute atomic E-state index is 0.0683. The highest BCUT2D eigenvalue weighted by atomic mass is 16.5. The minimum Gasteiger partial charge on any atom is -0.488 e. The number of pyridine rings is 1. The summed E-state index contributed by atoms with van der Waals surface area (Å²) in [6, 6.07) is 5.52. The Morgan fingerprint density at radius 1 is 1.03 bits per heavy atom. The first kappa shape index (κ1) is 21.8. The molecule has 6 heteroatoms. The maximum Gasteiger partial charge on any atom is 0.355 e. The van der Waals surface area contributed by atoms with Crippen molar-refractivity contribution >= 4 is 16.9 Å². The quantitative estimate of drug-likeness (QED) is 0.411. The summed E-state index contributed by atoms with van der Waals surface area (Å²) < 4.78 is 12.3. The van der Waals surface area contributed by atoms with Gasteiger partial charge in [0, 0.05) is 30.8 Å². The maximum absolute atomic E-state index is 12.7. The van der Waals surface area contributed by atoms with Crippen molar-refractivity contribution in [2.75, 3.05) is 13.2 Å². The topological polar surface area (TPSA) is 74.6 Å². The number of fused-ring (bicyclic) bond motifs is 1. The standard InChI is InChI=1S/C23H23NO5/c1-4-7-9-13-24-18-11-12-20(25)22(29-14-10-8-5-2)15-17(18)21(26)16-19(24)23(27)28-6-3/h11-12,15-16H,6,9-10,13-14H2,1-3H3. The predicted molar refractivity (Wildman–Crippen MR) is 112 cm³/mol. The van der Waals surface area contributed by atoms with Gasteiger partial charge in [-0.1, -0.05) is 0 Å². The number of aryl methyl sites for hydroxylation is 1. The molecule has 29 heavy (non-hydrogen) atoms. The summed E-state index contributed by atoms with van der Waals surface area (Å²) in [4.78, 5) is 37.5. The number of carbonyl (C=O) groups excluding carboxylic acids is 1. The summed E-state index contributed by atoms with van der Waals surface area (Å²) >= 11 is 0. The number of aromatic nitrogens is 1. The van der Waals surface area contributed by atoms with Gasteiger partial charge in [0.15, 0.2) is 11.2 Å². The molecule has 0 bridgehead atoms. The van der Waals surface area contributed by atoms with Crippen LogP contribution in [0.15, 0.2) is 33.9 Å². The lowest BCUT2D eigenvalue weighted by Crippen LogP contribution is -2.20. The Labute approximate surface area is 169 Å². The summed E-state index contributed by atoms with van der Waals surface area (Å²) in [5.41, 5.74) is -0.183. The molecule has 0 aliphatic rings. The Hall–Kier alpha value is -3.51. The summed E-state index contributed by atoms with van der Waals surface area (Å²) in [7, 11) is 0. The molecule has 1 aromatic heterocycles. The second kappa shape index (κ2) is 10.7. The van der Waals surface area contributed by atoms with Crippen LogP contribution in [0.3, 0.4) is 0 Å². The molecule has 6 nitrogen and oxygen atoms in total. The van der Waals surface area contributed by atoms with Gasteiger partial charge in [0.25, 0.3) is 0 Å². The van der Waals surface area contributed by atoms with Crippen LogP contribution in [0.25, 0.3) is 10.9 Å². The number of carbonyl (C=O) groups is 1. The second-order valence-corrected chi connectivity index (χ2v) is 5.97. The Morgan fingerprint density at radius 3 is 2.45 bits per heavy atom. The van der Waals surface area contributed by atoms with Crippen molar-refractivity contribution in [3.05, 3.63) is 50.4 Å². The molecule has 0 N–H and O–H groups in total. The SMILES string of the molecule is CC#CCCOc1cc2c(=O)cc(C(=O)OCC)n(CCC#CC)c2ccc1=O. The van der Waals surface area contributed by atoms with Crippen molar-refractivity contribution in [2.24, 2.45) is 0 Å². The van der Waals surface area contributed by atoms with Crippen LogP contribution in [0.4, 0.5) is 0 Å². The fourth-order valence-electron chi connectivity index (χ4n) is 2.80. The van der Waals surface area contributed by atoms with Crippen LogP contribution in [0.1, 0.15) is 44.1 Å². The van der Waals surface area contributed by atoms with Crippen LogP contribution >= 0.6 is 0 Å². The zero-order valence-corrected chi connectivity index (χ0v) is 16.8. The lowest BCUT2D eigenvalue weighted by molar-refractivity contribution is 0.0513. The zero-order valence-electron chi connectivity index (χ0n) is 16.8. The molecular formula is C23H23NO5. The largest absolute Gasteiger partial charge is 0.488 e. The fourth-order valence-corrected chi connectivity index (χ4v) is 2.80. The van der Waals surface area contributed by atoms with Gasteiger partial charge in [-0.05, 0) is 39.0 Å². The molecule has 0 atom stereocenters. The fraction of sp³-hybridized carbons (Fsp3) is 0.348. The van der Waals surface area contributed by atoms with Gasteiger partial charge in [-0.25, -0.2) is 4.79 Å². The monoisotopic (exact) mass is 393 g/mol. The molecule has 0 unspecified atom stereocenters. The molecule has 0 aliphatic heterocycles. The summed E-state index contributed by atoms with van der Waals surface area (Å²) in [5, 5.41) is 0.279. The summed E-state index contributed by atoms with van der Waals surface area (Å²) in [6.45, 7) is 5.94. The van der Waals surface area contributed by atoms with E-state index in [-0.39, 0.29) is 35.5 Å². The molecule has 0 fully saturated rings. The molecule has 0 aliphatic carbocycles. The van der Waals surface area contributed by atoms with Crippen LogP contribution in [-0.4, -0.2) is 23.8 Å². The first-order chi connectivity index (χ1) is 14.0. The maximum atomic E-state index is 12.7. The minimum atomic E-state index is -0.598. The highest BCUT2D eigenvalue weighted by Gasteiger charge is 2.17. The third-order valence-corrected chi connectivity index (χ3v) is 4.08. The van der Waals surface area contributed by atoms with E-state index in [2.05, 4.69) is 23.7 Å². The normalized spacial score (nSPS) is 9.76.